The van der Waals surface area contributed by atoms with Gasteiger partial charge in [-0.05, 0) is 80.7 Å². The van der Waals surface area contributed by atoms with Crippen molar-refractivity contribution in [3.63, 3.8) is 0 Å². The van der Waals surface area contributed by atoms with Crippen molar-refractivity contribution in [2.75, 3.05) is 19.7 Å². The standard InChI is InChI=1S/C19H24N2O5S2/c1-2-26-15-5-3-13(4-6-15)16-7-8-17(27-16)28(24,25)21-18(19(22)23)14-9-11-20-12-10-14/h3-8,14,18,20-21H,2,9-12H2,1H3,(H,22,23)/t18-/m1/s1. The van der Waals surface area contributed by atoms with E-state index in [2.05, 4.69) is 10.0 Å². The molecule has 152 valence electrons. The Bertz CT molecular complexity index is 903. The number of ether oxygens (including phenoxy) is 1. The molecule has 1 saturated heterocycles. The van der Waals surface area contributed by atoms with Crippen LogP contribution in [0.2, 0.25) is 0 Å². The lowest BCUT2D eigenvalue weighted by Gasteiger charge is -2.28. The minimum atomic E-state index is -3.92. The van der Waals surface area contributed by atoms with E-state index in [0.29, 0.717) is 32.5 Å². The number of aliphatic carboxylic acids is 1. The van der Waals surface area contributed by atoms with Gasteiger partial charge in [-0.25, -0.2) is 8.42 Å². The lowest BCUT2D eigenvalue weighted by atomic mass is 9.91. The van der Waals surface area contributed by atoms with Crippen LogP contribution in [0.5, 0.6) is 5.75 Å². The minimum absolute atomic E-state index is 0.108. The van der Waals surface area contributed by atoms with Crippen molar-refractivity contribution in [1.29, 1.82) is 0 Å². The zero-order chi connectivity index (χ0) is 20.1. The Kier molecular flexibility index (Phi) is 6.71. The summed E-state index contributed by atoms with van der Waals surface area (Å²) in [5, 5.41) is 12.7. The van der Waals surface area contributed by atoms with Gasteiger partial charge in [0, 0.05) is 4.88 Å². The minimum Gasteiger partial charge on any atom is -0.494 e. The number of hydrogen-bond acceptors (Lipinski definition) is 6. The van der Waals surface area contributed by atoms with Gasteiger partial charge in [0.25, 0.3) is 10.0 Å². The zero-order valence-electron chi connectivity index (χ0n) is 15.6. The van der Waals surface area contributed by atoms with E-state index in [1.807, 2.05) is 31.2 Å². The lowest BCUT2D eigenvalue weighted by Crippen LogP contribution is -2.48. The second-order valence-corrected chi connectivity index (χ2v) is 9.63. The van der Waals surface area contributed by atoms with Crippen molar-refractivity contribution in [2.45, 2.75) is 30.0 Å². The number of benzene rings is 1. The van der Waals surface area contributed by atoms with E-state index in [1.54, 1.807) is 6.07 Å². The Balaban J connectivity index is 1.77. The van der Waals surface area contributed by atoms with E-state index in [-0.39, 0.29) is 10.1 Å². The first-order valence-electron chi connectivity index (χ1n) is 9.19. The molecule has 1 aliphatic heterocycles. The summed E-state index contributed by atoms with van der Waals surface area (Å²) in [5.74, 6) is -0.610. The fourth-order valence-electron chi connectivity index (χ4n) is 3.25. The summed E-state index contributed by atoms with van der Waals surface area (Å²) in [6.45, 7) is 3.87. The molecule has 0 unspecified atom stereocenters. The number of carboxylic acids is 1. The third-order valence-electron chi connectivity index (χ3n) is 4.70. The molecule has 3 rings (SSSR count). The predicted molar refractivity (Wildman–Crippen MR) is 108 cm³/mol. The molecule has 2 heterocycles. The molecule has 28 heavy (non-hydrogen) atoms. The van der Waals surface area contributed by atoms with Crippen molar-refractivity contribution < 1.29 is 23.1 Å². The van der Waals surface area contributed by atoms with E-state index in [0.717, 1.165) is 27.5 Å². The fourth-order valence-corrected chi connectivity index (χ4v) is 5.84. The van der Waals surface area contributed by atoms with Gasteiger partial charge >= 0.3 is 5.97 Å². The maximum Gasteiger partial charge on any atom is 0.322 e. The molecular formula is C19H24N2O5S2. The zero-order valence-corrected chi connectivity index (χ0v) is 17.2. The van der Waals surface area contributed by atoms with Crippen LogP contribution in [0.3, 0.4) is 0 Å². The number of carbonyl (C=O) groups is 1. The molecule has 2 aromatic rings. The number of hydrogen-bond donors (Lipinski definition) is 3. The highest BCUT2D eigenvalue weighted by Crippen LogP contribution is 2.32. The van der Waals surface area contributed by atoms with Gasteiger partial charge in [-0.2, -0.15) is 4.72 Å². The summed E-state index contributed by atoms with van der Waals surface area (Å²) in [6, 6.07) is 9.54. The SMILES string of the molecule is CCOc1ccc(-c2ccc(S(=O)(=O)N[C@@H](C(=O)O)C3CCNCC3)s2)cc1. The predicted octanol–water partition coefficient (Wildman–Crippen LogP) is 2.54. The van der Waals surface area contributed by atoms with Crippen LogP contribution in [0.15, 0.2) is 40.6 Å². The number of piperidine rings is 1. The first kappa shape index (κ1) is 20.8. The molecule has 0 aliphatic carbocycles. The van der Waals surface area contributed by atoms with Crippen LogP contribution in [-0.2, 0) is 14.8 Å². The number of thiophene rings is 1. The van der Waals surface area contributed by atoms with Gasteiger partial charge in [0.2, 0.25) is 0 Å². The second kappa shape index (κ2) is 9.04. The van der Waals surface area contributed by atoms with Gasteiger partial charge in [-0.1, -0.05) is 0 Å². The average Bonchev–Trinajstić information content (AvgIpc) is 3.19. The summed E-state index contributed by atoms with van der Waals surface area (Å²) in [5.41, 5.74) is 0.878. The summed E-state index contributed by atoms with van der Waals surface area (Å²) in [7, 11) is -3.92. The van der Waals surface area contributed by atoms with Gasteiger partial charge in [0.05, 0.1) is 6.61 Å². The molecule has 1 aromatic carbocycles. The fraction of sp³-hybridized carbons (Fsp3) is 0.421. The van der Waals surface area contributed by atoms with Crippen LogP contribution in [0.4, 0.5) is 0 Å². The van der Waals surface area contributed by atoms with Gasteiger partial charge < -0.3 is 15.2 Å². The highest BCUT2D eigenvalue weighted by atomic mass is 32.2. The molecule has 7 nitrogen and oxygen atoms in total. The summed E-state index contributed by atoms with van der Waals surface area (Å²) in [6.07, 6.45) is 1.25. The monoisotopic (exact) mass is 424 g/mol. The van der Waals surface area contributed by atoms with Crippen LogP contribution < -0.4 is 14.8 Å². The van der Waals surface area contributed by atoms with E-state index in [4.69, 9.17) is 4.74 Å². The van der Waals surface area contributed by atoms with Gasteiger partial charge in [0.15, 0.2) is 0 Å². The lowest BCUT2D eigenvalue weighted by molar-refractivity contribution is -0.140. The Morgan fingerprint density at radius 1 is 1.25 bits per heavy atom. The van der Waals surface area contributed by atoms with Gasteiger partial charge in [-0.15, -0.1) is 11.3 Å². The van der Waals surface area contributed by atoms with E-state index in [9.17, 15) is 18.3 Å². The molecule has 0 spiro atoms. The van der Waals surface area contributed by atoms with Crippen molar-refractivity contribution >= 4 is 27.3 Å². The van der Waals surface area contributed by atoms with Gasteiger partial charge in [0.1, 0.15) is 16.0 Å². The molecule has 9 heteroatoms. The Morgan fingerprint density at radius 3 is 2.54 bits per heavy atom. The largest absolute Gasteiger partial charge is 0.494 e. The summed E-state index contributed by atoms with van der Waals surface area (Å²) < 4.78 is 33.5. The molecule has 0 amide bonds. The maximum atomic E-state index is 12.8. The quantitative estimate of drug-likeness (QED) is 0.602. The van der Waals surface area contributed by atoms with Crippen molar-refractivity contribution in [3.8, 4) is 16.2 Å². The Hall–Kier alpha value is -1.94. The number of sulfonamides is 1. The molecule has 0 radical (unpaired) electrons. The molecule has 1 aromatic heterocycles. The van der Waals surface area contributed by atoms with E-state index in [1.165, 1.54) is 6.07 Å². The second-order valence-electron chi connectivity index (χ2n) is 6.60. The van der Waals surface area contributed by atoms with Crippen LogP contribution in [0, 0.1) is 5.92 Å². The molecular weight excluding hydrogens is 400 g/mol. The van der Waals surface area contributed by atoms with Crippen LogP contribution in [0.1, 0.15) is 19.8 Å². The average molecular weight is 425 g/mol. The normalized spacial score (nSPS) is 16.6. The molecule has 0 saturated carbocycles. The summed E-state index contributed by atoms with van der Waals surface area (Å²) in [4.78, 5) is 12.5. The molecule has 1 fully saturated rings. The van der Waals surface area contributed by atoms with Gasteiger partial charge in [-0.3, -0.25) is 4.79 Å². The molecule has 0 bridgehead atoms. The van der Waals surface area contributed by atoms with Crippen molar-refractivity contribution in [3.05, 3.63) is 36.4 Å². The number of carboxylic acid groups (broad SMARTS) is 1. The maximum absolute atomic E-state index is 12.8. The van der Waals surface area contributed by atoms with Crippen molar-refractivity contribution in [1.82, 2.24) is 10.0 Å². The first-order chi connectivity index (χ1) is 13.4. The first-order valence-corrected chi connectivity index (χ1v) is 11.5. The number of nitrogens with one attached hydrogen (secondary N) is 2. The highest BCUT2D eigenvalue weighted by Gasteiger charge is 2.34. The third kappa shape index (κ3) is 4.91. The summed E-state index contributed by atoms with van der Waals surface area (Å²) >= 11 is 1.12. The third-order valence-corrected chi connectivity index (χ3v) is 7.77. The van der Waals surface area contributed by atoms with Crippen LogP contribution >= 0.6 is 11.3 Å². The molecule has 1 atom stereocenters. The van der Waals surface area contributed by atoms with E-state index < -0.39 is 22.0 Å². The van der Waals surface area contributed by atoms with Crippen LogP contribution in [0.25, 0.3) is 10.4 Å². The Morgan fingerprint density at radius 2 is 1.93 bits per heavy atom. The molecule has 1 aliphatic rings. The Labute approximate surface area is 168 Å². The highest BCUT2D eigenvalue weighted by molar-refractivity contribution is 7.91. The van der Waals surface area contributed by atoms with Crippen LogP contribution in [-0.4, -0.2) is 45.2 Å². The number of rotatable bonds is 8. The molecule has 3 N–H and O–H groups in total. The van der Waals surface area contributed by atoms with Crippen molar-refractivity contribution in [2.24, 2.45) is 5.92 Å². The van der Waals surface area contributed by atoms with E-state index >= 15 is 0 Å². The smallest absolute Gasteiger partial charge is 0.322 e. The topological polar surface area (TPSA) is 105 Å².